The molecule has 0 aliphatic heterocycles. The molecule has 1 heterocycles. The molecule has 4 aromatic rings. The molecule has 0 unspecified atom stereocenters. The van der Waals surface area contributed by atoms with E-state index in [2.05, 4.69) is 10.0 Å². The molecule has 0 fully saturated rings. The van der Waals surface area contributed by atoms with E-state index in [1.807, 2.05) is 0 Å². The summed E-state index contributed by atoms with van der Waals surface area (Å²) in [6, 6.07) is 18.7. The van der Waals surface area contributed by atoms with Crippen LogP contribution in [0.4, 0.5) is 24.5 Å². The van der Waals surface area contributed by atoms with Crippen molar-refractivity contribution in [3.05, 3.63) is 89.3 Å². The van der Waals surface area contributed by atoms with Crippen LogP contribution < -0.4 is 10.0 Å². The molecule has 0 saturated heterocycles. The third kappa shape index (κ3) is 4.61. The van der Waals surface area contributed by atoms with Crippen molar-refractivity contribution < 1.29 is 26.4 Å². The SMILES string of the molecule is O=C(Nc1ccccc1NS(=O)(=O)c1ccccc1)c1cc2cc(C(F)(F)F)ccc2s1. The van der Waals surface area contributed by atoms with Gasteiger partial charge in [0, 0.05) is 4.70 Å². The summed E-state index contributed by atoms with van der Waals surface area (Å²) >= 11 is 1.04. The lowest BCUT2D eigenvalue weighted by molar-refractivity contribution is -0.137. The van der Waals surface area contributed by atoms with Gasteiger partial charge in [0.2, 0.25) is 0 Å². The molecule has 3 aromatic carbocycles. The molecule has 0 atom stereocenters. The number of nitrogens with one attached hydrogen (secondary N) is 2. The lowest BCUT2D eigenvalue weighted by Crippen LogP contribution is -2.16. The fraction of sp³-hybridized carbons (Fsp3) is 0.0455. The van der Waals surface area contributed by atoms with Crippen molar-refractivity contribution in [1.29, 1.82) is 0 Å². The van der Waals surface area contributed by atoms with E-state index in [-0.39, 0.29) is 21.1 Å². The number of halogens is 3. The minimum Gasteiger partial charge on any atom is -0.319 e. The summed E-state index contributed by atoms with van der Waals surface area (Å²) in [4.78, 5) is 13.0. The molecule has 1 aromatic heterocycles. The summed E-state index contributed by atoms with van der Waals surface area (Å²) in [6.45, 7) is 0. The number of hydrogen-bond donors (Lipinski definition) is 2. The average Bonchev–Trinajstić information content (AvgIpc) is 3.19. The van der Waals surface area contributed by atoms with Gasteiger partial charge in [-0.15, -0.1) is 11.3 Å². The molecule has 10 heteroatoms. The van der Waals surface area contributed by atoms with Crippen LogP contribution in [0.5, 0.6) is 0 Å². The molecular formula is C22H15F3N2O3S2. The second-order valence-electron chi connectivity index (χ2n) is 6.78. The third-order valence-electron chi connectivity index (χ3n) is 4.54. The monoisotopic (exact) mass is 476 g/mol. The first-order chi connectivity index (χ1) is 15.1. The highest BCUT2D eigenvalue weighted by atomic mass is 32.2. The largest absolute Gasteiger partial charge is 0.416 e. The molecule has 5 nitrogen and oxygen atoms in total. The highest BCUT2D eigenvalue weighted by molar-refractivity contribution is 7.92. The van der Waals surface area contributed by atoms with Crippen LogP contribution in [0.15, 0.2) is 83.8 Å². The van der Waals surface area contributed by atoms with Crippen molar-refractivity contribution in [2.24, 2.45) is 0 Å². The molecule has 0 radical (unpaired) electrons. The van der Waals surface area contributed by atoms with Crippen LogP contribution in [-0.4, -0.2) is 14.3 Å². The Bertz CT molecular complexity index is 1400. The zero-order valence-electron chi connectivity index (χ0n) is 16.2. The maximum atomic E-state index is 12.9. The van der Waals surface area contributed by atoms with Crippen molar-refractivity contribution in [2.45, 2.75) is 11.1 Å². The number of hydrogen-bond acceptors (Lipinski definition) is 4. The third-order valence-corrected chi connectivity index (χ3v) is 7.04. The highest BCUT2D eigenvalue weighted by Gasteiger charge is 2.30. The van der Waals surface area contributed by atoms with Crippen LogP contribution in [0.2, 0.25) is 0 Å². The highest BCUT2D eigenvalue weighted by Crippen LogP contribution is 2.34. The molecule has 4 rings (SSSR count). The van der Waals surface area contributed by atoms with E-state index in [4.69, 9.17) is 0 Å². The number of fused-ring (bicyclic) bond motifs is 1. The summed E-state index contributed by atoms with van der Waals surface area (Å²) in [5, 5.41) is 2.93. The van der Waals surface area contributed by atoms with Crippen molar-refractivity contribution in [1.82, 2.24) is 0 Å². The lowest BCUT2D eigenvalue weighted by Gasteiger charge is -2.13. The van der Waals surface area contributed by atoms with E-state index in [0.717, 1.165) is 23.5 Å². The zero-order valence-corrected chi connectivity index (χ0v) is 17.8. The van der Waals surface area contributed by atoms with Crippen LogP contribution in [0, 0.1) is 0 Å². The normalized spacial score (nSPS) is 12.0. The van der Waals surface area contributed by atoms with E-state index in [1.54, 1.807) is 30.3 Å². The van der Waals surface area contributed by atoms with E-state index in [1.165, 1.54) is 36.4 Å². The number of sulfonamides is 1. The predicted octanol–water partition coefficient (Wildman–Crippen LogP) is 5.97. The van der Waals surface area contributed by atoms with E-state index >= 15 is 0 Å². The average molecular weight is 477 g/mol. The standard InChI is InChI=1S/C22H15F3N2O3S2/c23-22(24,25)15-10-11-19-14(12-15)13-20(31-19)21(28)26-17-8-4-5-9-18(17)27-32(29,30)16-6-2-1-3-7-16/h1-13,27H,(H,26,28). The van der Waals surface area contributed by atoms with Crippen molar-refractivity contribution >= 4 is 48.7 Å². The number of benzene rings is 3. The maximum Gasteiger partial charge on any atom is 0.416 e. The first kappa shape index (κ1) is 21.8. The molecule has 0 saturated carbocycles. The first-order valence-corrected chi connectivity index (χ1v) is 11.5. The Morgan fingerprint density at radius 1 is 0.844 bits per heavy atom. The van der Waals surface area contributed by atoms with Crippen LogP contribution in [0.1, 0.15) is 15.2 Å². The fourth-order valence-electron chi connectivity index (χ4n) is 3.00. The van der Waals surface area contributed by atoms with Gasteiger partial charge in [-0.2, -0.15) is 13.2 Å². The van der Waals surface area contributed by atoms with Crippen LogP contribution >= 0.6 is 11.3 Å². The number of carbonyl (C=O) groups excluding carboxylic acids is 1. The molecule has 0 aliphatic carbocycles. The predicted molar refractivity (Wildman–Crippen MR) is 118 cm³/mol. The fourth-order valence-corrected chi connectivity index (χ4v) is 5.04. The number of rotatable bonds is 5. The van der Waals surface area contributed by atoms with Crippen molar-refractivity contribution in [3.63, 3.8) is 0 Å². The summed E-state index contributed by atoms with van der Waals surface area (Å²) in [5.74, 6) is -0.564. The van der Waals surface area contributed by atoms with Crippen molar-refractivity contribution in [2.75, 3.05) is 10.0 Å². The van der Waals surface area contributed by atoms with Gasteiger partial charge in [0.15, 0.2) is 0 Å². The van der Waals surface area contributed by atoms with Gasteiger partial charge in [-0.1, -0.05) is 30.3 Å². The molecule has 0 aliphatic rings. The minimum atomic E-state index is -4.48. The van der Waals surface area contributed by atoms with Gasteiger partial charge >= 0.3 is 6.18 Å². The van der Waals surface area contributed by atoms with E-state index in [0.29, 0.717) is 10.1 Å². The van der Waals surface area contributed by atoms with Gasteiger partial charge in [0.05, 0.1) is 26.7 Å². The minimum absolute atomic E-state index is 0.0612. The zero-order chi connectivity index (χ0) is 22.9. The quantitative estimate of drug-likeness (QED) is 0.373. The van der Waals surface area contributed by atoms with E-state index in [9.17, 15) is 26.4 Å². The number of amides is 1. The number of alkyl halides is 3. The van der Waals surface area contributed by atoms with Crippen LogP contribution in [-0.2, 0) is 16.2 Å². The molecule has 32 heavy (non-hydrogen) atoms. The van der Waals surface area contributed by atoms with Gasteiger partial charge in [0.1, 0.15) is 0 Å². The second kappa shape index (κ2) is 8.29. The molecule has 1 amide bonds. The smallest absolute Gasteiger partial charge is 0.319 e. The number of carbonyl (C=O) groups is 1. The molecule has 2 N–H and O–H groups in total. The van der Waals surface area contributed by atoms with Gasteiger partial charge in [0.25, 0.3) is 15.9 Å². The Kier molecular flexibility index (Phi) is 5.66. The van der Waals surface area contributed by atoms with Gasteiger partial charge < -0.3 is 5.32 Å². The van der Waals surface area contributed by atoms with Gasteiger partial charge in [-0.25, -0.2) is 8.42 Å². The Labute approximate surface area is 185 Å². The Balaban J connectivity index is 1.59. The van der Waals surface area contributed by atoms with Crippen molar-refractivity contribution in [3.8, 4) is 0 Å². The molecule has 0 bridgehead atoms. The van der Waals surface area contributed by atoms with Crippen LogP contribution in [0.3, 0.4) is 0 Å². The van der Waals surface area contributed by atoms with Crippen LogP contribution in [0.25, 0.3) is 10.1 Å². The molecule has 0 spiro atoms. The van der Waals surface area contributed by atoms with Gasteiger partial charge in [-0.05, 0) is 53.9 Å². The molecule has 164 valence electrons. The first-order valence-electron chi connectivity index (χ1n) is 9.22. The van der Waals surface area contributed by atoms with E-state index < -0.39 is 27.7 Å². The summed E-state index contributed by atoms with van der Waals surface area (Å²) in [6.07, 6.45) is -4.48. The topological polar surface area (TPSA) is 75.3 Å². The maximum absolute atomic E-state index is 12.9. The number of anilines is 2. The summed E-state index contributed by atoms with van der Waals surface area (Å²) in [7, 11) is -3.88. The Hall–Kier alpha value is -3.37. The molecular weight excluding hydrogens is 461 g/mol. The number of para-hydroxylation sites is 2. The Morgan fingerprint density at radius 3 is 2.19 bits per heavy atom. The van der Waals surface area contributed by atoms with Gasteiger partial charge in [-0.3, -0.25) is 9.52 Å². The lowest BCUT2D eigenvalue weighted by atomic mass is 10.1. The summed E-state index contributed by atoms with van der Waals surface area (Å²) in [5.41, 5.74) is -0.425. The number of thiophene rings is 1. The summed E-state index contributed by atoms with van der Waals surface area (Å²) < 4.78 is 67.0. The second-order valence-corrected chi connectivity index (χ2v) is 9.55. The Morgan fingerprint density at radius 2 is 1.50 bits per heavy atom.